The molecule has 1 aromatic rings. The molecule has 1 saturated heterocycles. The summed E-state index contributed by atoms with van der Waals surface area (Å²) in [6.45, 7) is 3.72. The second-order valence-electron chi connectivity index (χ2n) is 6.25. The van der Waals surface area contributed by atoms with Crippen LogP contribution in [0.5, 0.6) is 5.75 Å². The largest absolute Gasteiger partial charge is 0.491 e. The maximum atomic E-state index is 12.6. The first kappa shape index (κ1) is 20.3. The van der Waals surface area contributed by atoms with Crippen molar-refractivity contribution >= 4 is 25.5 Å². The van der Waals surface area contributed by atoms with Crippen molar-refractivity contribution in [2.75, 3.05) is 19.8 Å². The van der Waals surface area contributed by atoms with E-state index in [-0.39, 0.29) is 37.3 Å². The summed E-state index contributed by atoms with van der Waals surface area (Å²) < 4.78 is 16.6. The first-order valence-electron chi connectivity index (χ1n) is 8.33. The van der Waals surface area contributed by atoms with E-state index >= 15 is 0 Å². The van der Waals surface area contributed by atoms with Crippen LogP contribution in [-0.4, -0.2) is 54.1 Å². The van der Waals surface area contributed by atoms with Gasteiger partial charge in [0.1, 0.15) is 18.5 Å². The average molecular weight is 384 g/mol. The molecule has 9 heteroatoms. The highest BCUT2D eigenvalue weighted by Gasteiger charge is 2.29. The highest BCUT2D eigenvalue weighted by molar-refractivity contribution is 7.59. The van der Waals surface area contributed by atoms with E-state index in [4.69, 9.17) is 19.4 Å². The molecule has 2 aliphatic rings. The number of ether oxygens (including phenoxy) is 3. The molecule has 0 aliphatic carbocycles. The Morgan fingerprint density at radius 2 is 2.04 bits per heavy atom. The van der Waals surface area contributed by atoms with Gasteiger partial charge in [-0.15, -0.1) is 0 Å². The zero-order valence-corrected chi connectivity index (χ0v) is 15.6. The van der Waals surface area contributed by atoms with E-state index in [9.17, 15) is 9.59 Å². The van der Waals surface area contributed by atoms with Crippen molar-refractivity contribution < 1.29 is 29.0 Å². The van der Waals surface area contributed by atoms with Crippen molar-refractivity contribution in [2.45, 2.75) is 38.5 Å². The number of fused-ring (bicyclic) bond motifs is 1. The summed E-state index contributed by atoms with van der Waals surface area (Å²) >= 11 is 0. The van der Waals surface area contributed by atoms with Gasteiger partial charge in [0.05, 0.1) is 25.8 Å². The molecule has 0 radical (unpaired) electrons. The lowest BCUT2D eigenvalue weighted by Gasteiger charge is -2.29. The molecule has 2 amide bonds. The maximum absolute atomic E-state index is 12.6. The molecule has 1 fully saturated rings. The second kappa shape index (κ2) is 9.11. The summed E-state index contributed by atoms with van der Waals surface area (Å²) in [6, 6.07) is 4.68. The molecule has 0 saturated carbocycles. The molecule has 1 atom stereocenters. The third-order valence-electron chi connectivity index (χ3n) is 4.45. The van der Waals surface area contributed by atoms with Crippen molar-refractivity contribution in [1.82, 2.24) is 10.4 Å². The Morgan fingerprint density at radius 1 is 1.31 bits per heavy atom. The van der Waals surface area contributed by atoms with Gasteiger partial charge in [-0.25, -0.2) is 10.3 Å². The lowest BCUT2D eigenvalue weighted by atomic mass is 10.1. The van der Waals surface area contributed by atoms with Gasteiger partial charge in [0.15, 0.2) is 0 Å². The van der Waals surface area contributed by atoms with Crippen molar-refractivity contribution in [3.63, 3.8) is 0 Å². The normalized spacial score (nSPS) is 20.1. The summed E-state index contributed by atoms with van der Waals surface area (Å²) in [5.74, 6) is -0.0891. The van der Waals surface area contributed by atoms with Gasteiger partial charge < -0.3 is 14.2 Å². The van der Waals surface area contributed by atoms with Crippen LogP contribution in [0.4, 0.5) is 4.79 Å². The number of rotatable bonds is 2. The van der Waals surface area contributed by atoms with E-state index in [1.807, 2.05) is 6.92 Å². The lowest BCUT2D eigenvalue weighted by Crippen LogP contribution is -2.42. The van der Waals surface area contributed by atoms with Crippen molar-refractivity contribution in [1.29, 1.82) is 0 Å². The van der Waals surface area contributed by atoms with Crippen LogP contribution in [0.1, 0.15) is 35.7 Å². The molecule has 0 bridgehead atoms. The van der Waals surface area contributed by atoms with Gasteiger partial charge in [0.2, 0.25) is 0 Å². The standard InChI is InChI=1S/C17H22N2O6.H2S/c1-11-10-24-15-8-12(16(20)18-22)2-3-13(15)9-19(11)17(21)25-14-4-6-23-7-5-14;/h2-3,8,11,14,22H,4-7,9-10H2,1H3,(H,18,20);1H2/t11-;/m0./s1. The van der Waals surface area contributed by atoms with Gasteiger partial charge in [-0.2, -0.15) is 13.5 Å². The van der Waals surface area contributed by atoms with Gasteiger partial charge in [-0.3, -0.25) is 14.9 Å². The third kappa shape index (κ3) is 4.60. The Balaban J connectivity index is 0.00000243. The average Bonchev–Trinajstić information content (AvgIpc) is 2.80. The number of hydrogen-bond acceptors (Lipinski definition) is 6. The van der Waals surface area contributed by atoms with Crippen LogP contribution in [0.15, 0.2) is 18.2 Å². The van der Waals surface area contributed by atoms with Crippen LogP contribution >= 0.6 is 13.5 Å². The van der Waals surface area contributed by atoms with Crippen LogP contribution in [0.3, 0.4) is 0 Å². The zero-order chi connectivity index (χ0) is 17.8. The Morgan fingerprint density at radius 3 is 2.73 bits per heavy atom. The minimum atomic E-state index is -0.612. The molecule has 2 aliphatic heterocycles. The second-order valence-corrected chi connectivity index (χ2v) is 6.25. The molecule has 26 heavy (non-hydrogen) atoms. The van der Waals surface area contributed by atoms with E-state index in [1.165, 1.54) is 0 Å². The first-order valence-corrected chi connectivity index (χ1v) is 8.33. The van der Waals surface area contributed by atoms with Crippen LogP contribution in [0, 0.1) is 0 Å². The number of hydroxylamine groups is 1. The van der Waals surface area contributed by atoms with Gasteiger partial charge in [-0.1, -0.05) is 6.07 Å². The molecule has 8 nitrogen and oxygen atoms in total. The van der Waals surface area contributed by atoms with Crippen LogP contribution < -0.4 is 10.2 Å². The summed E-state index contributed by atoms with van der Waals surface area (Å²) in [4.78, 5) is 25.7. The summed E-state index contributed by atoms with van der Waals surface area (Å²) in [7, 11) is 0. The molecule has 1 aromatic carbocycles. The SMILES string of the molecule is C[C@H]1COc2cc(C(=O)NO)ccc2CN1C(=O)OC1CCOCC1.S. The molecule has 0 unspecified atom stereocenters. The number of nitrogens with zero attached hydrogens (tertiary/aromatic N) is 1. The van der Waals surface area contributed by atoms with E-state index < -0.39 is 5.91 Å². The quantitative estimate of drug-likeness (QED) is 0.596. The number of nitrogens with one attached hydrogen (secondary N) is 1. The van der Waals surface area contributed by atoms with Crippen LogP contribution in [0.2, 0.25) is 0 Å². The first-order chi connectivity index (χ1) is 12.1. The number of carbonyl (C=O) groups excluding carboxylic acids is 2. The molecule has 0 aromatic heterocycles. The monoisotopic (exact) mass is 384 g/mol. The fraction of sp³-hybridized carbons (Fsp3) is 0.529. The highest BCUT2D eigenvalue weighted by Crippen LogP contribution is 2.27. The van der Waals surface area contributed by atoms with Crippen molar-refractivity contribution in [3.8, 4) is 5.75 Å². The predicted octanol–water partition coefficient (Wildman–Crippen LogP) is 1.82. The number of amides is 2. The van der Waals surface area contributed by atoms with E-state index in [0.29, 0.717) is 45.0 Å². The summed E-state index contributed by atoms with van der Waals surface area (Å²) in [6.07, 6.45) is 0.933. The lowest BCUT2D eigenvalue weighted by molar-refractivity contribution is -0.0155. The van der Waals surface area contributed by atoms with Gasteiger partial charge >= 0.3 is 6.09 Å². The van der Waals surface area contributed by atoms with Gasteiger partial charge in [0, 0.05) is 24.0 Å². The Labute approximate surface area is 158 Å². The Kier molecular flexibility index (Phi) is 7.13. The topological polar surface area (TPSA) is 97.3 Å². The highest BCUT2D eigenvalue weighted by atomic mass is 32.1. The zero-order valence-electron chi connectivity index (χ0n) is 14.6. The smallest absolute Gasteiger partial charge is 0.410 e. The van der Waals surface area contributed by atoms with E-state index in [2.05, 4.69) is 0 Å². The van der Waals surface area contributed by atoms with Crippen molar-refractivity contribution in [2.24, 2.45) is 0 Å². The minimum Gasteiger partial charge on any atom is -0.491 e. The predicted molar refractivity (Wildman–Crippen MR) is 96.9 cm³/mol. The molecule has 144 valence electrons. The fourth-order valence-electron chi connectivity index (χ4n) is 2.91. The minimum absolute atomic E-state index is 0. The van der Waals surface area contributed by atoms with Gasteiger partial charge in [0.25, 0.3) is 5.91 Å². The Bertz CT molecular complexity index is 650. The molecule has 2 N–H and O–H groups in total. The van der Waals surface area contributed by atoms with Crippen LogP contribution in [-0.2, 0) is 16.0 Å². The maximum Gasteiger partial charge on any atom is 0.410 e. The number of benzene rings is 1. The molecular weight excluding hydrogens is 360 g/mol. The molecule has 2 heterocycles. The third-order valence-corrected chi connectivity index (χ3v) is 4.45. The number of hydrogen-bond donors (Lipinski definition) is 2. The van der Waals surface area contributed by atoms with Gasteiger partial charge in [-0.05, 0) is 19.1 Å². The van der Waals surface area contributed by atoms with Crippen molar-refractivity contribution in [3.05, 3.63) is 29.3 Å². The molecule has 0 spiro atoms. The fourth-order valence-corrected chi connectivity index (χ4v) is 2.91. The summed E-state index contributed by atoms with van der Waals surface area (Å²) in [5, 5.41) is 8.74. The van der Waals surface area contributed by atoms with Crippen LogP contribution in [0.25, 0.3) is 0 Å². The molecular formula is C17H24N2O6S. The summed E-state index contributed by atoms with van der Waals surface area (Å²) in [5.41, 5.74) is 2.66. The van der Waals surface area contributed by atoms with E-state index in [1.54, 1.807) is 28.6 Å². The van der Waals surface area contributed by atoms with E-state index in [0.717, 1.165) is 5.56 Å². The Hall–Kier alpha value is -1.97. The molecule has 3 rings (SSSR count). The number of carbonyl (C=O) groups is 2.